The minimum atomic E-state index is -3.73. The summed E-state index contributed by atoms with van der Waals surface area (Å²) in [5.74, 6) is 0.608. The van der Waals surface area contributed by atoms with E-state index in [4.69, 9.17) is 19.3 Å². The number of hydrogen-bond acceptors (Lipinski definition) is 6. The van der Waals surface area contributed by atoms with Crippen LogP contribution >= 0.6 is 0 Å². The Morgan fingerprint density at radius 2 is 2.19 bits per heavy atom. The van der Waals surface area contributed by atoms with E-state index in [1.807, 2.05) is 0 Å². The highest BCUT2D eigenvalue weighted by molar-refractivity contribution is 7.89. The average Bonchev–Trinajstić information content (AvgIpc) is 2.96. The number of morpholine rings is 1. The first-order valence-electron chi connectivity index (χ1n) is 6.76. The molecule has 7 nitrogen and oxygen atoms in total. The van der Waals surface area contributed by atoms with Crippen LogP contribution in [0.3, 0.4) is 0 Å². The standard InChI is InChI=1S/C7H7NO4S.C6H13NO/c8-13(9,10)6-3-1-2-5-7(6)12-4-11-5;1-2-6-5-7-3-4-8-6/h1-3H,4H2,(H2,8,9,10);6-7H,2-5H2,1H3. The van der Waals surface area contributed by atoms with Gasteiger partial charge in [0.25, 0.3) is 0 Å². The minimum absolute atomic E-state index is 0.0296. The number of nitrogens with two attached hydrogens (primary N) is 1. The molecule has 8 heteroatoms. The Kier molecular flexibility index (Phi) is 5.40. The number of hydrogen-bond donors (Lipinski definition) is 2. The Morgan fingerprint density at radius 1 is 1.38 bits per heavy atom. The van der Waals surface area contributed by atoms with Crippen LogP contribution < -0.4 is 19.9 Å². The van der Waals surface area contributed by atoms with Crippen molar-refractivity contribution in [3.63, 3.8) is 0 Å². The zero-order valence-electron chi connectivity index (χ0n) is 11.9. The van der Waals surface area contributed by atoms with E-state index in [2.05, 4.69) is 12.2 Å². The molecule has 21 heavy (non-hydrogen) atoms. The van der Waals surface area contributed by atoms with Gasteiger partial charge < -0.3 is 19.5 Å². The van der Waals surface area contributed by atoms with E-state index in [0.717, 1.165) is 26.1 Å². The molecule has 3 rings (SSSR count). The van der Waals surface area contributed by atoms with E-state index >= 15 is 0 Å². The van der Waals surface area contributed by atoms with Crippen LogP contribution in [0.15, 0.2) is 23.1 Å². The molecule has 2 heterocycles. The Bertz CT molecular complexity index is 570. The van der Waals surface area contributed by atoms with Crippen LogP contribution in [0.2, 0.25) is 0 Å². The van der Waals surface area contributed by atoms with Gasteiger partial charge in [0.05, 0.1) is 12.7 Å². The maximum atomic E-state index is 11.0. The van der Waals surface area contributed by atoms with Crippen molar-refractivity contribution in [3.8, 4) is 11.5 Å². The molecule has 1 atom stereocenters. The van der Waals surface area contributed by atoms with Gasteiger partial charge in [0, 0.05) is 13.1 Å². The fraction of sp³-hybridized carbons (Fsp3) is 0.538. The molecule has 0 spiro atoms. The van der Waals surface area contributed by atoms with E-state index in [1.165, 1.54) is 6.07 Å². The fourth-order valence-electron chi connectivity index (χ4n) is 2.01. The number of ether oxygens (including phenoxy) is 3. The largest absolute Gasteiger partial charge is 0.454 e. The molecule has 0 amide bonds. The van der Waals surface area contributed by atoms with Crippen LogP contribution in [-0.2, 0) is 14.8 Å². The molecule has 2 aliphatic rings. The molecule has 1 unspecified atom stereocenters. The van der Waals surface area contributed by atoms with Crippen LogP contribution in [0.4, 0.5) is 0 Å². The fourth-order valence-corrected chi connectivity index (χ4v) is 2.70. The van der Waals surface area contributed by atoms with E-state index in [-0.39, 0.29) is 17.4 Å². The van der Waals surface area contributed by atoms with Crippen LogP contribution in [0, 0.1) is 0 Å². The molecule has 1 aromatic rings. The molecule has 3 N–H and O–H groups in total. The average molecular weight is 316 g/mol. The van der Waals surface area contributed by atoms with Gasteiger partial charge in [0.15, 0.2) is 11.5 Å². The number of rotatable bonds is 2. The van der Waals surface area contributed by atoms with Crippen LogP contribution in [0.5, 0.6) is 11.5 Å². The maximum Gasteiger partial charge on any atom is 0.241 e. The van der Waals surface area contributed by atoms with Gasteiger partial charge in [-0.1, -0.05) is 13.0 Å². The van der Waals surface area contributed by atoms with Gasteiger partial charge in [0.1, 0.15) is 4.90 Å². The van der Waals surface area contributed by atoms with Gasteiger partial charge in [0.2, 0.25) is 16.8 Å². The lowest BCUT2D eigenvalue weighted by molar-refractivity contribution is 0.0267. The highest BCUT2D eigenvalue weighted by Crippen LogP contribution is 2.37. The SMILES string of the molecule is CCC1CNCCO1.NS(=O)(=O)c1cccc2c1OCO2. The van der Waals surface area contributed by atoms with Crippen molar-refractivity contribution in [3.05, 3.63) is 18.2 Å². The molecule has 1 aromatic carbocycles. The molecule has 1 fully saturated rings. The van der Waals surface area contributed by atoms with E-state index in [1.54, 1.807) is 12.1 Å². The smallest absolute Gasteiger partial charge is 0.241 e. The second-order valence-electron chi connectivity index (χ2n) is 4.64. The van der Waals surface area contributed by atoms with Crippen molar-refractivity contribution in [1.29, 1.82) is 0 Å². The number of nitrogens with one attached hydrogen (secondary N) is 1. The number of fused-ring (bicyclic) bond motifs is 1. The van der Waals surface area contributed by atoms with Crippen LogP contribution in [0.25, 0.3) is 0 Å². The monoisotopic (exact) mass is 316 g/mol. The highest BCUT2D eigenvalue weighted by Gasteiger charge is 2.23. The Hall–Kier alpha value is -1.35. The molecule has 2 aliphatic heterocycles. The van der Waals surface area contributed by atoms with Gasteiger partial charge in [-0.05, 0) is 18.6 Å². The summed E-state index contributed by atoms with van der Waals surface area (Å²) in [6, 6.07) is 4.55. The third-order valence-electron chi connectivity index (χ3n) is 3.13. The summed E-state index contributed by atoms with van der Waals surface area (Å²) in [5.41, 5.74) is 0. The van der Waals surface area contributed by atoms with Crippen molar-refractivity contribution < 1.29 is 22.6 Å². The summed E-state index contributed by atoms with van der Waals surface area (Å²) >= 11 is 0. The summed E-state index contributed by atoms with van der Waals surface area (Å²) in [6.45, 7) is 5.13. The predicted octanol–water partition coefficient (Wildman–Crippen LogP) is 0.448. The zero-order chi connectivity index (χ0) is 15.3. The molecule has 1 saturated heterocycles. The van der Waals surface area contributed by atoms with Crippen molar-refractivity contribution in [2.75, 3.05) is 26.5 Å². The third-order valence-corrected chi connectivity index (χ3v) is 4.06. The molecule has 0 aliphatic carbocycles. The summed E-state index contributed by atoms with van der Waals surface area (Å²) in [7, 11) is -3.73. The summed E-state index contributed by atoms with van der Waals surface area (Å²) in [6.07, 6.45) is 1.61. The van der Waals surface area contributed by atoms with Crippen molar-refractivity contribution in [2.24, 2.45) is 5.14 Å². The second kappa shape index (κ2) is 7.08. The summed E-state index contributed by atoms with van der Waals surface area (Å²) in [5, 5.41) is 8.23. The first-order chi connectivity index (χ1) is 10.0. The Labute approximate surface area is 124 Å². The topological polar surface area (TPSA) is 99.9 Å². The first-order valence-corrected chi connectivity index (χ1v) is 8.30. The van der Waals surface area contributed by atoms with Gasteiger partial charge in [-0.15, -0.1) is 0 Å². The lowest BCUT2D eigenvalue weighted by atomic mass is 10.2. The van der Waals surface area contributed by atoms with E-state index in [0.29, 0.717) is 11.9 Å². The van der Waals surface area contributed by atoms with Crippen molar-refractivity contribution >= 4 is 10.0 Å². The number of benzene rings is 1. The van der Waals surface area contributed by atoms with Crippen molar-refractivity contribution in [1.82, 2.24) is 5.32 Å². The van der Waals surface area contributed by atoms with Gasteiger partial charge in [-0.3, -0.25) is 0 Å². The Morgan fingerprint density at radius 3 is 2.76 bits per heavy atom. The molecule has 118 valence electrons. The molecule has 0 saturated carbocycles. The molecule has 0 radical (unpaired) electrons. The van der Waals surface area contributed by atoms with Gasteiger partial charge in [-0.2, -0.15) is 0 Å². The number of sulfonamides is 1. The lowest BCUT2D eigenvalue weighted by Gasteiger charge is -2.21. The third kappa shape index (κ3) is 4.31. The highest BCUT2D eigenvalue weighted by atomic mass is 32.2. The molecule has 0 bridgehead atoms. The van der Waals surface area contributed by atoms with Gasteiger partial charge >= 0.3 is 0 Å². The molecular formula is C13H20N2O5S. The maximum absolute atomic E-state index is 11.0. The van der Waals surface area contributed by atoms with E-state index in [9.17, 15) is 8.42 Å². The number of primary sulfonamides is 1. The van der Waals surface area contributed by atoms with E-state index < -0.39 is 10.0 Å². The second-order valence-corrected chi connectivity index (χ2v) is 6.17. The van der Waals surface area contributed by atoms with Gasteiger partial charge in [-0.25, -0.2) is 13.6 Å². The zero-order valence-corrected chi connectivity index (χ0v) is 12.7. The number of para-hydroxylation sites is 1. The van der Waals surface area contributed by atoms with Crippen LogP contribution in [-0.4, -0.2) is 41.0 Å². The first kappa shape index (κ1) is 16.0. The molecular weight excluding hydrogens is 296 g/mol. The minimum Gasteiger partial charge on any atom is -0.454 e. The van der Waals surface area contributed by atoms with Crippen molar-refractivity contribution in [2.45, 2.75) is 24.3 Å². The van der Waals surface area contributed by atoms with Crippen LogP contribution in [0.1, 0.15) is 13.3 Å². The predicted molar refractivity (Wildman–Crippen MR) is 76.8 cm³/mol. The quantitative estimate of drug-likeness (QED) is 0.821. The lowest BCUT2D eigenvalue weighted by Crippen LogP contribution is -2.37. The Balaban J connectivity index is 0.000000173. The summed E-state index contributed by atoms with van der Waals surface area (Å²) < 4.78 is 37.4. The molecule has 0 aromatic heterocycles. The normalized spacial score (nSPS) is 20.6. The summed E-state index contributed by atoms with van der Waals surface area (Å²) in [4.78, 5) is -0.0394.